The van der Waals surface area contributed by atoms with E-state index < -0.39 is 0 Å². The Bertz CT molecular complexity index is 293. The molecule has 1 atom stereocenters. The van der Waals surface area contributed by atoms with Gasteiger partial charge in [0.2, 0.25) is 0 Å². The van der Waals surface area contributed by atoms with Crippen LogP contribution in [0.3, 0.4) is 0 Å². The third-order valence-electron chi connectivity index (χ3n) is 2.93. The molecule has 1 rings (SSSR count). The van der Waals surface area contributed by atoms with Gasteiger partial charge >= 0.3 is 0 Å². The van der Waals surface area contributed by atoms with E-state index in [0.717, 1.165) is 26.2 Å². The Hall–Kier alpha value is -0.870. The zero-order chi connectivity index (χ0) is 12.0. The summed E-state index contributed by atoms with van der Waals surface area (Å²) in [5.41, 5.74) is 6.92. The first-order valence-corrected chi connectivity index (χ1v) is 6.03. The lowest BCUT2D eigenvalue weighted by Crippen LogP contribution is -2.33. The molecule has 1 heterocycles. The van der Waals surface area contributed by atoms with Crippen molar-refractivity contribution in [1.29, 1.82) is 0 Å². The van der Waals surface area contributed by atoms with Gasteiger partial charge in [-0.25, -0.2) is 0 Å². The van der Waals surface area contributed by atoms with Crippen LogP contribution in [-0.4, -0.2) is 29.4 Å². The second kappa shape index (κ2) is 6.66. The first-order chi connectivity index (χ1) is 7.63. The smallest absolute Gasteiger partial charge is 0.0534 e. The molecule has 16 heavy (non-hydrogen) atoms. The second-order valence-electron chi connectivity index (χ2n) is 4.72. The summed E-state index contributed by atoms with van der Waals surface area (Å²) in [7, 11) is 0. The van der Waals surface area contributed by atoms with Gasteiger partial charge in [0.1, 0.15) is 0 Å². The Labute approximate surface area is 98.2 Å². The quantitative estimate of drug-likeness (QED) is 0.680. The molecule has 92 valence electrons. The highest BCUT2D eigenvalue weighted by atomic mass is 15.3. The van der Waals surface area contributed by atoms with Crippen molar-refractivity contribution in [3.63, 3.8) is 0 Å². The van der Waals surface area contributed by atoms with Crippen molar-refractivity contribution in [2.75, 3.05) is 19.6 Å². The van der Waals surface area contributed by atoms with Crippen molar-refractivity contribution in [2.24, 2.45) is 17.6 Å². The lowest BCUT2D eigenvalue weighted by molar-refractivity contribution is 0.366. The minimum Gasteiger partial charge on any atom is -0.330 e. The molecule has 0 fully saturated rings. The van der Waals surface area contributed by atoms with Gasteiger partial charge in [-0.15, -0.1) is 0 Å². The standard InChI is InChI=1S/C12H24N4/c1-10(2)12(6-13)8-14-4-5-16-9-11(3)7-15-16/h7,9-10,12,14H,4-6,8,13H2,1-3H3. The molecular formula is C12H24N4. The third kappa shape index (κ3) is 4.33. The SMILES string of the molecule is Cc1cnn(CCNCC(CN)C(C)C)c1. The van der Waals surface area contributed by atoms with E-state index in [9.17, 15) is 0 Å². The molecule has 0 aliphatic carbocycles. The maximum atomic E-state index is 5.71. The summed E-state index contributed by atoms with van der Waals surface area (Å²) in [6.45, 7) is 10.1. The van der Waals surface area contributed by atoms with E-state index in [2.05, 4.69) is 37.4 Å². The predicted octanol–water partition coefficient (Wildman–Crippen LogP) is 1.01. The number of aromatic nitrogens is 2. The highest BCUT2D eigenvalue weighted by Gasteiger charge is 2.10. The van der Waals surface area contributed by atoms with Crippen molar-refractivity contribution in [3.8, 4) is 0 Å². The van der Waals surface area contributed by atoms with E-state index in [1.807, 2.05) is 10.9 Å². The maximum absolute atomic E-state index is 5.71. The lowest BCUT2D eigenvalue weighted by atomic mass is 9.96. The summed E-state index contributed by atoms with van der Waals surface area (Å²) in [4.78, 5) is 0. The van der Waals surface area contributed by atoms with Gasteiger partial charge in [0.05, 0.1) is 12.7 Å². The fourth-order valence-electron chi connectivity index (χ4n) is 1.66. The summed E-state index contributed by atoms with van der Waals surface area (Å²) in [5.74, 6) is 1.21. The first-order valence-electron chi connectivity index (χ1n) is 6.03. The van der Waals surface area contributed by atoms with Crippen LogP contribution in [0.15, 0.2) is 12.4 Å². The molecule has 0 radical (unpaired) electrons. The molecule has 0 spiro atoms. The van der Waals surface area contributed by atoms with Crippen molar-refractivity contribution in [3.05, 3.63) is 18.0 Å². The molecular weight excluding hydrogens is 200 g/mol. The van der Waals surface area contributed by atoms with E-state index in [0.29, 0.717) is 11.8 Å². The maximum Gasteiger partial charge on any atom is 0.0534 e. The van der Waals surface area contributed by atoms with Gasteiger partial charge in [-0.3, -0.25) is 4.68 Å². The molecule has 1 aromatic heterocycles. The molecule has 4 heteroatoms. The summed E-state index contributed by atoms with van der Waals surface area (Å²) in [6.07, 6.45) is 3.95. The number of aryl methyl sites for hydroxylation is 1. The van der Waals surface area contributed by atoms with Crippen LogP contribution in [0.25, 0.3) is 0 Å². The Morgan fingerprint density at radius 1 is 1.50 bits per heavy atom. The van der Waals surface area contributed by atoms with Crippen LogP contribution in [0.5, 0.6) is 0 Å². The Kier molecular flexibility index (Phi) is 5.49. The minimum atomic E-state index is 0.569. The first kappa shape index (κ1) is 13.2. The van der Waals surface area contributed by atoms with E-state index in [1.54, 1.807) is 0 Å². The summed E-state index contributed by atoms with van der Waals surface area (Å²) >= 11 is 0. The van der Waals surface area contributed by atoms with Gasteiger partial charge in [0, 0.05) is 12.7 Å². The molecule has 0 aliphatic heterocycles. The normalized spacial score (nSPS) is 13.3. The molecule has 3 N–H and O–H groups in total. The van der Waals surface area contributed by atoms with E-state index in [4.69, 9.17) is 5.73 Å². The van der Waals surface area contributed by atoms with Gasteiger partial charge < -0.3 is 11.1 Å². The second-order valence-corrected chi connectivity index (χ2v) is 4.72. The number of nitrogens with two attached hydrogens (primary N) is 1. The van der Waals surface area contributed by atoms with Crippen LogP contribution in [-0.2, 0) is 6.54 Å². The largest absolute Gasteiger partial charge is 0.330 e. The van der Waals surface area contributed by atoms with Gasteiger partial charge in [0.25, 0.3) is 0 Å². The average Bonchev–Trinajstić information content (AvgIpc) is 2.64. The Morgan fingerprint density at radius 2 is 2.25 bits per heavy atom. The zero-order valence-electron chi connectivity index (χ0n) is 10.6. The molecule has 4 nitrogen and oxygen atoms in total. The molecule has 1 unspecified atom stereocenters. The predicted molar refractivity (Wildman–Crippen MR) is 67.2 cm³/mol. The molecule has 0 saturated carbocycles. The van der Waals surface area contributed by atoms with Crippen LogP contribution >= 0.6 is 0 Å². The average molecular weight is 224 g/mol. The molecule has 0 bridgehead atoms. The van der Waals surface area contributed by atoms with Crippen LogP contribution in [0.1, 0.15) is 19.4 Å². The highest BCUT2D eigenvalue weighted by molar-refractivity contribution is 4.99. The number of rotatable bonds is 7. The fraction of sp³-hybridized carbons (Fsp3) is 0.750. The van der Waals surface area contributed by atoms with E-state index in [1.165, 1.54) is 5.56 Å². The monoisotopic (exact) mass is 224 g/mol. The third-order valence-corrected chi connectivity index (χ3v) is 2.93. The van der Waals surface area contributed by atoms with E-state index in [-0.39, 0.29) is 0 Å². The number of nitrogens with zero attached hydrogens (tertiary/aromatic N) is 2. The topological polar surface area (TPSA) is 55.9 Å². The molecule has 0 aromatic carbocycles. The van der Waals surface area contributed by atoms with Crippen molar-refractivity contribution >= 4 is 0 Å². The molecule has 1 aromatic rings. The molecule has 0 saturated heterocycles. The van der Waals surface area contributed by atoms with Gasteiger partial charge in [-0.05, 0) is 37.4 Å². The van der Waals surface area contributed by atoms with Crippen molar-refractivity contribution in [1.82, 2.24) is 15.1 Å². The van der Waals surface area contributed by atoms with Crippen LogP contribution < -0.4 is 11.1 Å². The van der Waals surface area contributed by atoms with Gasteiger partial charge in [-0.1, -0.05) is 13.8 Å². The fourth-order valence-corrected chi connectivity index (χ4v) is 1.66. The van der Waals surface area contributed by atoms with Crippen molar-refractivity contribution < 1.29 is 0 Å². The van der Waals surface area contributed by atoms with Gasteiger partial charge in [0.15, 0.2) is 0 Å². The molecule has 0 aliphatic rings. The zero-order valence-corrected chi connectivity index (χ0v) is 10.6. The number of nitrogens with one attached hydrogen (secondary N) is 1. The highest BCUT2D eigenvalue weighted by Crippen LogP contribution is 2.07. The molecule has 0 amide bonds. The van der Waals surface area contributed by atoms with Gasteiger partial charge in [-0.2, -0.15) is 5.10 Å². The van der Waals surface area contributed by atoms with Crippen LogP contribution in [0, 0.1) is 18.8 Å². The Morgan fingerprint density at radius 3 is 2.75 bits per heavy atom. The minimum absolute atomic E-state index is 0.569. The summed E-state index contributed by atoms with van der Waals surface area (Å²) in [5, 5.41) is 7.67. The van der Waals surface area contributed by atoms with Crippen LogP contribution in [0.4, 0.5) is 0 Å². The summed E-state index contributed by atoms with van der Waals surface area (Å²) < 4.78 is 1.97. The van der Waals surface area contributed by atoms with E-state index >= 15 is 0 Å². The lowest BCUT2D eigenvalue weighted by Gasteiger charge is -2.19. The number of hydrogen-bond acceptors (Lipinski definition) is 3. The summed E-state index contributed by atoms with van der Waals surface area (Å²) in [6, 6.07) is 0. The van der Waals surface area contributed by atoms with Crippen molar-refractivity contribution in [2.45, 2.75) is 27.3 Å². The van der Waals surface area contributed by atoms with Crippen LogP contribution in [0.2, 0.25) is 0 Å². The Balaban J connectivity index is 2.16. The number of hydrogen-bond donors (Lipinski definition) is 2.